The first-order chi connectivity index (χ1) is 7.49. The highest BCUT2D eigenvalue weighted by atomic mass is 79.9. The van der Waals surface area contributed by atoms with E-state index in [9.17, 15) is 9.90 Å². The van der Waals surface area contributed by atoms with Gasteiger partial charge >= 0.3 is 0 Å². The van der Waals surface area contributed by atoms with Gasteiger partial charge in [0.2, 0.25) is 0 Å². The molecule has 0 bridgehead atoms. The van der Waals surface area contributed by atoms with Gasteiger partial charge in [-0.25, -0.2) is 0 Å². The highest BCUT2D eigenvalue weighted by molar-refractivity contribution is 9.10. The van der Waals surface area contributed by atoms with E-state index in [-0.39, 0.29) is 5.91 Å². The van der Waals surface area contributed by atoms with Crippen LogP contribution in [-0.4, -0.2) is 34.6 Å². The van der Waals surface area contributed by atoms with Gasteiger partial charge in [0, 0.05) is 13.1 Å². The molecule has 0 spiro atoms. The number of carbonyl (C=O) groups is 1. The number of carbonyl (C=O) groups excluding carboxylic acids is 1. The minimum absolute atomic E-state index is 0.0967. The molecule has 0 aromatic carbocycles. The maximum absolute atomic E-state index is 12.1. The third kappa shape index (κ3) is 2.30. The predicted molar refractivity (Wildman–Crippen MR) is 62.2 cm³/mol. The van der Waals surface area contributed by atoms with Gasteiger partial charge in [-0.2, -0.15) is 0 Å². The monoisotopic (exact) mass is 287 g/mol. The van der Waals surface area contributed by atoms with Crippen molar-refractivity contribution in [3.63, 3.8) is 0 Å². The van der Waals surface area contributed by atoms with Crippen molar-refractivity contribution >= 4 is 21.8 Å². The summed E-state index contributed by atoms with van der Waals surface area (Å²) in [6, 6.07) is 1.63. The van der Waals surface area contributed by atoms with Crippen LogP contribution in [0.4, 0.5) is 0 Å². The van der Waals surface area contributed by atoms with Crippen LogP contribution in [0.2, 0.25) is 0 Å². The summed E-state index contributed by atoms with van der Waals surface area (Å²) in [5.74, 6) is -0.0967. The van der Waals surface area contributed by atoms with E-state index in [0.29, 0.717) is 23.3 Å². The van der Waals surface area contributed by atoms with Gasteiger partial charge in [0.1, 0.15) is 0 Å². The summed E-state index contributed by atoms with van der Waals surface area (Å²) in [4.78, 5) is 13.8. The smallest absolute Gasteiger partial charge is 0.258 e. The van der Waals surface area contributed by atoms with Crippen LogP contribution in [0.15, 0.2) is 21.4 Å². The largest absolute Gasteiger partial charge is 0.457 e. The number of piperidine rings is 1. The van der Waals surface area contributed by atoms with Gasteiger partial charge in [0.15, 0.2) is 4.67 Å². The van der Waals surface area contributed by atoms with Gasteiger partial charge in [0.05, 0.1) is 17.4 Å². The Morgan fingerprint density at radius 3 is 3.00 bits per heavy atom. The molecule has 1 N–H and O–H groups in total. The molecular weight excluding hydrogens is 274 g/mol. The summed E-state index contributed by atoms with van der Waals surface area (Å²) in [6.45, 7) is 2.83. The van der Waals surface area contributed by atoms with Crippen molar-refractivity contribution in [2.45, 2.75) is 25.4 Å². The van der Waals surface area contributed by atoms with E-state index in [1.54, 1.807) is 17.9 Å². The summed E-state index contributed by atoms with van der Waals surface area (Å²) in [5.41, 5.74) is -0.262. The standard InChI is InChI=1S/C11H14BrNO3/c1-11(15)4-2-5-13(7-11)10(14)8-3-6-16-9(8)12/h3,6,15H,2,4-5,7H2,1H3. The summed E-state index contributed by atoms with van der Waals surface area (Å²) in [5, 5.41) is 9.93. The van der Waals surface area contributed by atoms with E-state index >= 15 is 0 Å². The second-order valence-electron chi connectivity index (χ2n) is 4.44. The van der Waals surface area contributed by atoms with Gasteiger partial charge < -0.3 is 14.4 Å². The number of hydrogen-bond acceptors (Lipinski definition) is 3. The highest BCUT2D eigenvalue weighted by Crippen LogP contribution is 2.24. The van der Waals surface area contributed by atoms with E-state index in [1.807, 2.05) is 0 Å². The van der Waals surface area contributed by atoms with Crippen LogP contribution in [0.25, 0.3) is 0 Å². The molecule has 1 aromatic heterocycles. The van der Waals surface area contributed by atoms with Gasteiger partial charge in [0.25, 0.3) is 5.91 Å². The van der Waals surface area contributed by atoms with Gasteiger partial charge in [-0.1, -0.05) is 0 Å². The molecule has 2 heterocycles. The number of rotatable bonds is 1. The molecule has 4 nitrogen and oxygen atoms in total. The van der Waals surface area contributed by atoms with E-state index < -0.39 is 5.60 Å². The molecular formula is C11H14BrNO3. The molecule has 88 valence electrons. The zero-order chi connectivity index (χ0) is 11.8. The molecule has 5 heteroatoms. The average molecular weight is 288 g/mol. The number of aliphatic hydroxyl groups is 1. The van der Waals surface area contributed by atoms with Crippen LogP contribution in [0.1, 0.15) is 30.1 Å². The normalized spacial score (nSPS) is 25.8. The van der Waals surface area contributed by atoms with Crippen LogP contribution in [0.5, 0.6) is 0 Å². The van der Waals surface area contributed by atoms with Crippen molar-refractivity contribution in [2.75, 3.05) is 13.1 Å². The molecule has 0 radical (unpaired) electrons. The molecule has 1 unspecified atom stereocenters. The maximum atomic E-state index is 12.1. The SMILES string of the molecule is CC1(O)CCCN(C(=O)c2ccoc2Br)C1. The Labute approximate surface area is 102 Å². The molecule has 1 aromatic rings. The molecule has 1 saturated heterocycles. The zero-order valence-corrected chi connectivity index (χ0v) is 10.7. The van der Waals surface area contributed by atoms with E-state index in [4.69, 9.17) is 4.42 Å². The van der Waals surface area contributed by atoms with Crippen LogP contribution >= 0.6 is 15.9 Å². The van der Waals surface area contributed by atoms with Gasteiger partial charge in [-0.15, -0.1) is 0 Å². The van der Waals surface area contributed by atoms with Crippen LogP contribution in [0, 0.1) is 0 Å². The maximum Gasteiger partial charge on any atom is 0.258 e. The van der Waals surface area contributed by atoms with E-state index in [2.05, 4.69) is 15.9 Å². The Hall–Kier alpha value is -0.810. The number of nitrogens with zero attached hydrogens (tertiary/aromatic N) is 1. The molecule has 0 saturated carbocycles. The Balaban J connectivity index is 2.14. The molecule has 16 heavy (non-hydrogen) atoms. The fourth-order valence-electron chi connectivity index (χ4n) is 2.01. The zero-order valence-electron chi connectivity index (χ0n) is 9.07. The van der Waals surface area contributed by atoms with Crippen molar-refractivity contribution in [3.05, 3.63) is 22.6 Å². The molecule has 1 fully saturated rings. The number of β-amino-alcohol motifs (C(OH)–C–C–N with tert-alkyl or cyclic N) is 1. The Morgan fingerprint density at radius 1 is 1.69 bits per heavy atom. The first-order valence-corrected chi connectivity index (χ1v) is 6.03. The first-order valence-electron chi connectivity index (χ1n) is 5.24. The molecule has 1 amide bonds. The minimum atomic E-state index is -0.774. The van der Waals surface area contributed by atoms with Crippen molar-refractivity contribution in [1.82, 2.24) is 4.90 Å². The first kappa shape index (κ1) is 11.7. The molecule has 0 aliphatic carbocycles. The van der Waals surface area contributed by atoms with Crippen LogP contribution < -0.4 is 0 Å². The van der Waals surface area contributed by atoms with Gasteiger partial charge in [-0.05, 0) is 41.8 Å². The molecule has 1 atom stereocenters. The van der Waals surface area contributed by atoms with Crippen molar-refractivity contribution in [1.29, 1.82) is 0 Å². The fraction of sp³-hybridized carbons (Fsp3) is 0.545. The Kier molecular flexibility index (Phi) is 3.08. The topological polar surface area (TPSA) is 53.7 Å². The lowest BCUT2D eigenvalue weighted by molar-refractivity contribution is -0.0108. The number of halogens is 1. The van der Waals surface area contributed by atoms with Crippen molar-refractivity contribution in [3.8, 4) is 0 Å². The number of hydrogen-bond donors (Lipinski definition) is 1. The lowest BCUT2D eigenvalue weighted by Gasteiger charge is -2.36. The third-order valence-corrected chi connectivity index (χ3v) is 3.42. The second-order valence-corrected chi connectivity index (χ2v) is 5.16. The number of amides is 1. The summed E-state index contributed by atoms with van der Waals surface area (Å²) >= 11 is 3.19. The van der Waals surface area contributed by atoms with E-state index in [0.717, 1.165) is 12.8 Å². The predicted octanol–water partition coefficient (Wildman–Crippen LogP) is 2.03. The van der Waals surface area contributed by atoms with Crippen LogP contribution in [0.3, 0.4) is 0 Å². The summed E-state index contributed by atoms with van der Waals surface area (Å²) < 4.78 is 5.48. The third-order valence-electron chi connectivity index (χ3n) is 2.81. The number of likely N-dealkylation sites (tertiary alicyclic amines) is 1. The Bertz CT molecular complexity index is 400. The molecule has 1 aliphatic heterocycles. The number of furan rings is 1. The second kappa shape index (κ2) is 4.22. The average Bonchev–Trinajstić information content (AvgIpc) is 2.62. The minimum Gasteiger partial charge on any atom is -0.457 e. The van der Waals surface area contributed by atoms with E-state index in [1.165, 1.54) is 6.26 Å². The lowest BCUT2D eigenvalue weighted by Crippen LogP contribution is -2.48. The Morgan fingerprint density at radius 2 is 2.44 bits per heavy atom. The molecule has 2 rings (SSSR count). The fourth-order valence-corrected chi connectivity index (χ4v) is 2.42. The summed E-state index contributed by atoms with van der Waals surface area (Å²) in [7, 11) is 0. The summed E-state index contributed by atoms with van der Waals surface area (Å²) in [6.07, 6.45) is 3.04. The van der Waals surface area contributed by atoms with Crippen LogP contribution in [-0.2, 0) is 0 Å². The van der Waals surface area contributed by atoms with Gasteiger partial charge in [-0.3, -0.25) is 4.79 Å². The quantitative estimate of drug-likeness (QED) is 0.860. The molecule has 1 aliphatic rings. The lowest BCUT2D eigenvalue weighted by atomic mass is 9.95. The highest BCUT2D eigenvalue weighted by Gasteiger charge is 2.32. The van der Waals surface area contributed by atoms with Crippen molar-refractivity contribution < 1.29 is 14.3 Å². The van der Waals surface area contributed by atoms with Crippen molar-refractivity contribution in [2.24, 2.45) is 0 Å².